The Hall–Kier alpha value is -3.34. The maximum atomic E-state index is 12.5. The number of amides is 1. The molecule has 3 aromatic heterocycles. The minimum absolute atomic E-state index is 0.193. The number of nitrogens with one attached hydrogen (secondary N) is 1. The molecule has 138 valence electrons. The van der Waals surface area contributed by atoms with Gasteiger partial charge < -0.3 is 14.2 Å². The number of hydrogen-bond acceptors (Lipinski definition) is 6. The van der Waals surface area contributed by atoms with Crippen molar-refractivity contribution >= 4 is 17.4 Å². The second kappa shape index (κ2) is 6.43. The molecule has 0 saturated carbocycles. The van der Waals surface area contributed by atoms with Crippen molar-refractivity contribution in [1.29, 1.82) is 5.26 Å². The van der Waals surface area contributed by atoms with Gasteiger partial charge in [0.2, 0.25) is 5.91 Å². The number of carbonyl (C=O) groups excluding carboxylic acids is 1. The van der Waals surface area contributed by atoms with Gasteiger partial charge in [0, 0.05) is 23.4 Å². The van der Waals surface area contributed by atoms with Crippen LogP contribution in [0.25, 0.3) is 16.8 Å². The van der Waals surface area contributed by atoms with Crippen LogP contribution in [0.4, 0.5) is 5.82 Å². The molecule has 1 aliphatic heterocycles. The molecular weight excluding hydrogens is 344 g/mol. The Morgan fingerprint density at radius 2 is 2.19 bits per heavy atom. The van der Waals surface area contributed by atoms with E-state index in [4.69, 9.17) is 9.78 Å². The van der Waals surface area contributed by atoms with Crippen LogP contribution in [-0.4, -0.2) is 37.9 Å². The Labute approximate surface area is 156 Å². The summed E-state index contributed by atoms with van der Waals surface area (Å²) >= 11 is 0. The molecule has 0 radical (unpaired) electrons. The predicted octanol–water partition coefficient (Wildman–Crippen LogP) is 2.80. The molecule has 0 aliphatic carbocycles. The van der Waals surface area contributed by atoms with Crippen LogP contribution >= 0.6 is 0 Å². The Bertz CT molecular complexity index is 1050. The van der Waals surface area contributed by atoms with E-state index in [-0.39, 0.29) is 5.91 Å². The number of imidazole rings is 1. The van der Waals surface area contributed by atoms with E-state index in [0.29, 0.717) is 18.8 Å². The summed E-state index contributed by atoms with van der Waals surface area (Å²) in [6, 6.07) is 3.48. The third kappa shape index (κ3) is 2.81. The van der Waals surface area contributed by atoms with Gasteiger partial charge in [-0.25, -0.2) is 4.98 Å². The first-order chi connectivity index (χ1) is 13.0. The van der Waals surface area contributed by atoms with Gasteiger partial charge in [0.1, 0.15) is 17.4 Å². The fourth-order valence-electron chi connectivity index (χ4n) is 3.75. The maximum Gasteiger partial charge on any atom is 0.249 e. The van der Waals surface area contributed by atoms with Gasteiger partial charge in [0.25, 0.3) is 0 Å². The zero-order chi connectivity index (χ0) is 19.1. The zero-order valence-electron chi connectivity index (χ0n) is 15.5. The van der Waals surface area contributed by atoms with Crippen LogP contribution in [0.3, 0.4) is 0 Å². The number of pyridine rings is 1. The molecule has 1 amide bonds. The fourth-order valence-corrected chi connectivity index (χ4v) is 3.75. The van der Waals surface area contributed by atoms with Gasteiger partial charge in [-0.15, -0.1) is 0 Å². The lowest BCUT2D eigenvalue weighted by molar-refractivity contribution is -0.119. The molecule has 0 aromatic carbocycles. The van der Waals surface area contributed by atoms with Crippen LogP contribution in [0.2, 0.25) is 0 Å². The monoisotopic (exact) mass is 364 g/mol. The van der Waals surface area contributed by atoms with Crippen LogP contribution in [-0.2, 0) is 4.79 Å². The van der Waals surface area contributed by atoms with E-state index < -0.39 is 6.04 Å². The summed E-state index contributed by atoms with van der Waals surface area (Å²) in [5, 5.41) is 16.0. The van der Waals surface area contributed by atoms with Crippen LogP contribution in [0.5, 0.6) is 0 Å². The molecule has 8 heteroatoms. The van der Waals surface area contributed by atoms with E-state index in [0.717, 1.165) is 40.3 Å². The number of anilines is 1. The van der Waals surface area contributed by atoms with E-state index in [1.54, 1.807) is 6.20 Å². The average molecular weight is 364 g/mol. The number of nitriles is 1. The van der Waals surface area contributed by atoms with Crippen molar-refractivity contribution in [3.8, 4) is 17.3 Å². The summed E-state index contributed by atoms with van der Waals surface area (Å²) in [6.07, 6.45) is 5.41. The highest BCUT2D eigenvalue weighted by atomic mass is 16.5. The van der Waals surface area contributed by atoms with Gasteiger partial charge in [-0.3, -0.25) is 9.69 Å². The summed E-state index contributed by atoms with van der Waals surface area (Å²) in [7, 11) is 0. The first-order valence-corrected chi connectivity index (χ1v) is 8.88. The molecule has 4 rings (SSSR count). The lowest BCUT2D eigenvalue weighted by atomic mass is 10.0. The topological polar surface area (TPSA) is 99.5 Å². The highest BCUT2D eigenvalue weighted by molar-refractivity contribution is 5.94. The van der Waals surface area contributed by atoms with Crippen molar-refractivity contribution in [2.45, 2.75) is 39.7 Å². The molecule has 1 fully saturated rings. The zero-order valence-corrected chi connectivity index (χ0v) is 15.5. The minimum atomic E-state index is -0.418. The largest absolute Gasteiger partial charge is 0.361 e. The van der Waals surface area contributed by atoms with Gasteiger partial charge in [-0.2, -0.15) is 5.26 Å². The van der Waals surface area contributed by atoms with Crippen LogP contribution in [0, 0.1) is 32.2 Å². The van der Waals surface area contributed by atoms with Gasteiger partial charge in [0.15, 0.2) is 12.0 Å². The van der Waals surface area contributed by atoms with E-state index in [2.05, 4.69) is 21.7 Å². The number of nitrogens with zero attached hydrogens (tertiary/aromatic N) is 5. The standard InChI is InChI=1S/C19H20N6O2/c1-11-18(13(3)27-23-11)14-6-7-17-21-16(9-25(17)12(14)2)22-19(26)15-5-4-8-24(15)10-20/h6-7,9,15H,4-5,8H2,1-3H3,(H,22,26). The van der Waals surface area contributed by atoms with Crippen LogP contribution in [0.1, 0.15) is 30.0 Å². The summed E-state index contributed by atoms with van der Waals surface area (Å²) in [4.78, 5) is 18.5. The van der Waals surface area contributed by atoms with Crippen molar-refractivity contribution in [1.82, 2.24) is 19.4 Å². The third-order valence-corrected chi connectivity index (χ3v) is 5.12. The third-order valence-electron chi connectivity index (χ3n) is 5.12. The number of fused-ring (bicyclic) bond motifs is 1. The molecule has 1 aliphatic rings. The van der Waals surface area contributed by atoms with Crippen molar-refractivity contribution in [3.63, 3.8) is 0 Å². The molecular formula is C19H20N6O2. The number of carbonyl (C=O) groups is 1. The fraction of sp³-hybridized carbons (Fsp3) is 0.368. The van der Waals surface area contributed by atoms with Crippen LogP contribution < -0.4 is 5.32 Å². The summed E-state index contributed by atoms with van der Waals surface area (Å²) in [6.45, 7) is 6.42. The summed E-state index contributed by atoms with van der Waals surface area (Å²) in [5.74, 6) is 1.05. The number of rotatable bonds is 3. The highest BCUT2D eigenvalue weighted by Gasteiger charge is 2.30. The van der Waals surface area contributed by atoms with E-state index >= 15 is 0 Å². The molecule has 1 saturated heterocycles. The predicted molar refractivity (Wildman–Crippen MR) is 98.9 cm³/mol. The molecule has 4 heterocycles. The second-order valence-electron chi connectivity index (χ2n) is 6.83. The second-order valence-corrected chi connectivity index (χ2v) is 6.83. The number of aromatic nitrogens is 3. The Morgan fingerprint density at radius 1 is 1.37 bits per heavy atom. The molecule has 3 aromatic rings. The molecule has 1 N–H and O–H groups in total. The molecule has 1 unspecified atom stereocenters. The summed E-state index contributed by atoms with van der Waals surface area (Å²) < 4.78 is 7.23. The normalized spacial score (nSPS) is 16.7. The van der Waals surface area contributed by atoms with Crippen molar-refractivity contribution in [3.05, 3.63) is 35.5 Å². The SMILES string of the molecule is Cc1noc(C)c1-c1ccc2nc(NC(=O)C3CCCN3C#N)cn2c1C. The van der Waals surface area contributed by atoms with Gasteiger partial charge in [0.05, 0.1) is 11.9 Å². The quantitative estimate of drug-likeness (QED) is 0.718. The molecule has 8 nitrogen and oxygen atoms in total. The van der Waals surface area contributed by atoms with Crippen LogP contribution in [0.15, 0.2) is 22.9 Å². The number of likely N-dealkylation sites (tertiary alicyclic amines) is 1. The van der Waals surface area contributed by atoms with E-state index in [1.165, 1.54) is 4.90 Å². The van der Waals surface area contributed by atoms with E-state index in [1.807, 2.05) is 37.3 Å². The minimum Gasteiger partial charge on any atom is -0.361 e. The summed E-state index contributed by atoms with van der Waals surface area (Å²) in [5.41, 5.74) is 4.54. The Balaban J connectivity index is 1.66. The number of hydrogen-bond donors (Lipinski definition) is 1. The molecule has 0 spiro atoms. The first kappa shape index (κ1) is 17.1. The lowest BCUT2D eigenvalue weighted by Gasteiger charge is -2.16. The Kier molecular flexibility index (Phi) is 4.07. The lowest BCUT2D eigenvalue weighted by Crippen LogP contribution is -2.36. The highest BCUT2D eigenvalue weighted by Crippen LogP contribution is 2.30. The van der Waals surface area contributed by atoms with Gasteiger partial charge in [-0.1, -0.05) is 5.16 Å². The first-order valence-electron chi connectivity index (χ1n) is 8.88. The molecule has 1 atom stereocenters. The molecule has 27 heavy (non-hydrogen) atoms. The maximum absolute atomic E-state index is 12.5. The van der Waals surface area contributed by atoms with Gasteiger partial charge in [-0.05, 0) is 45.7 Å². The van der Waals surface area contributed by atoms with Crippen molar-refractivity contribution in [2.24, 2.45) is 0 Å². The van der Waals surface area contributed by atoms with E-state index in [9.17, 15) is 4.79 Å². The molecule has 0 bridgehead atoms. The smallest absolute Gasteiger partial charge is 0.249 e. The van der Waals surface area contributed by atoms with Crippen molar-refractivity contribution < 1.29 is 9.32 Å². The van der Waals surface area contributed by atoms with Gasteiger partial charge >= 0.3 is 0 Å². The van der Waals surface area contributed by atoms with Crippen molar-refractivity contribution in [2.75, 3.05) is 11.9 Å². The average Bonchev–Trinajstić information content (AvgIpc) is 3.35. The number of aryl methyl sites for hydroxylation is 3. The Morgan fingerprint density at radius 3 is 2.89 bits per heavy atom.